The Bertz CT molecular complexity index is 894. The Hall–Kier alpha value is -2.58. The molecule has 2 N–H and O–H groups in total. The highest BCUT2D eigenvalue weighted by atomic mass is 35.5. The van der Waals surface area contributed by atoms with Gasteiger partial charge in [0, 0.05) is 10.7 Å². The van der Waals surface area contributed by atoms with Gasteiger partial charge in [-0.15, -0.1) is 11.3 Å². The van der Waals surface area contributed by atoms with Crippen LogP contribution in [0.3, 0.4) is 0 Å². The fourth-order valence-corrected chi connectivity index (χ4v) is 3.69. The van der Waals surface area contributed by atoms with Gasteiger partial charge in [0.05, 0.1) is 26.3 Å². The number of esters is 2. The van der Waals surface area contributed by atoms with Crippen LogP contribution in [0.15, 0.2) is 18.2 Å². The molecule has 2 rings (SSSR count). The van der Waals surface area contributed by atoms with E-state index in [1.807, 2.05) is 6.92 Å². The molecule has 0 saturated heterocycles. The monoisotopic (exact) mass is 410 g/mol. The molecule has 0 bridgehead atoms. The van der Waals surface area contributed by atoms with Gasteiger partial charge in [-0.2, -0.15) is 0 Å². The van der Waals surface area contributed by atoms with E-state index in [-0.39, 0.29) is 22.0 Å². The number of rotatable bonds is 6. The average molecular weight is 411 g/mol. The van der Waals surface area contributed by atoms with Crippen LogP contribution in [0.1, 0.15) is 31.2 Å². The van der Waals surface area contributed by atoms with E-state index in [9.17, 15) is 14.4 Å². The summed E-state index contributed by atoms with van der Waals surface area (Å²) in [5.74, 6) is -1.62. The number of nitrogens with one attached hydrogen (secondary N) is 2. The number of hydrogen-bond donors (Lipinski definition) is 2. The molecule has 1 heterocycles. The van der Waals surface area contributed by atoms with Gasteiger partial charge >= 0.3 is 11.9 Å². The zero-order chi connectivity index (χ0) is 20.1. The third kappa shape index (κ3) is 4.58. The maximum atomic E-state index is 12.3. The summed E-state index contributed by atoms with van der Waals surface area (Å²) in [6.45, 7) is 3.38. The van der Waals surface area contributed by atoms with E-state index in [2.05, 4.69) is 10.6 Å². The van der Waals surface area contributed by atoms with Gasteiger partial charge in [-0.3, -0.25) is 4.79 Å². The van der Waals surface area contributed by atoms with Gasteiger partial charge in [0.2, 0.25) is 5.91 Å². The lowest BCUT2D eigenvalue weighted by Gasteiger charge is -2.11. The van der Waals surface area contributed by atoms with Gasteiger partial charge in [-0.25, -0.2) is 9.59 Å². The first-order valence-corrected chi connectivity index (χ1v) is 9.08. The quantitative estimate of drug-likeness (QED) is 0.706. The summed E-state index contributed by atoms with van der Waals surface area (Å²) in [5, 5.41) is 6.46. The van der Waals surface area contributed by atoms with Crippen LogP contribution in [-0.4, -0.2) is 38.6 Å². The lowest BCUT2D eigenvalue weighted by Crippen LogP contribution is -2.22. The number of anilines is 2. The number of carbonyl (C=O) groups is 3. The number of hydrogen-bond acceptors (Lipinski definition) is 7. The van der Waals surface area contributed by atoms with Crippen LogP contribution >= 0.6 is 22.9 Å². The third-order valence-electron chi connectivity index (χ3n) is 3.87. The highest BCUT2D eigenvalue weighted by molar-refractivity contribution is 7.18. The van der Waals surface area contributed by atoms with Crippen LogP contribution in [0.4, 0.5) is 10.7 Å². The smallest absolute Gasteiger partial charge is 0.348 e. The SMILES string of the molecule is COC(=O)c1sc(NC(=O)CNc2cccc(Cl)c2C)c(C(=O)OC)c1C. The molecule has 0 aliphatic heterocycles. The number of amides is 1. The molecule has 2 aromatic rings. The van der Waals surface area contributed by atoms with Crippen LogP contribution in [-0.2, 0) is 14.3 Å². The Morgan fingerprint density at radius 1 is 1.07 bits per heavy atom. The normalized spacial score (nSPS) is 10.3. The summed E-state index contributed by atoms with van der Waals surface area (Å²) in [7, 11) is 2.47. The first-order valence-electron chi connectivity index (χ1n) is 7.89. The van der Waals surface area contributed by atoms with Crippen molar-refractivity contribution in [2.75, 3.05) is 31.4 Å². The highest BCUT2D eigenvalue weighted by Gasteiger charge is 2.26. The van der Waals surface area contributed by atoms with Gasteiger partial charge in [-0.1, -0.05) is 17.7 Å². The fraction of sp³-hybridized carbons (Fsp3) is 0.278. The van der Waals surface area contributed by atoms with Gasteiger partial charge in [0.25, 0.3) is 0 Å². The van der Waals surface area contributed by atoms with Crippen molar-refractivity contribution in [1.29, 1.82) is 0 Å². The molecule has 0 atom stereocenters. The molecule has 0 radical (unpaired) electrons. The van der Waals surface area contributed by atoms with Crippen molar-refractivity contribution in [2.45, 2.75) is 13.8 Å². The molecule has 0 fully saturated rings. The van der Waals surface area contributed by atoms with Crippen LogP contribution in [0.5, 0.6) is 0 Å². The predicted molar refractivity (Wildman–Crippen MR) is 105 cm³/mol. The first kappa shape index (κ1) is 20.7. The number of ether oxygens (including phenoxy) is 2. The van der Waals surface area contributed by atoms with Crippen molar-refractivity contribution >= 4 is 51.5 Å². The minimum atomic E-state index is -0.646. The Morgan fingerprint density at radius 2 is 1.74 bits per heavy atom. The van der Waals surface area contributed by atoms with Crippen LogP contribution in [0, 0.1) is 13.8 Å². The van der Waals surface area contributed by atoms with Crippen molar-refractivity contribution in [1.82, 2.24) is 0 Å². The van der Waals surface area contributed by atoms with Gasteiger partial charge < -0.3 is 20.1 Å². The van der Waals surface area contributed by atoms with Gasteiger partial charge in [0.1, 0.15) is 9.88 Å². The zero-order valence-electron chi connectivity index (χ0n) is 15.3. The summed E-state index contributed by atoms with van der Waals surface area (Å²) < 4.78 is 9.47. The second-order valence-corrected chi connectivity index (χ2v) is 6.99. The molecule has 144 valence electrons. The Labute approximate surface area is 165 Å². The average Bonchev–Trinajstić information content (AvgIpc) is 2.97. The summed E-state index contributed by atoms with van der Waals surface area (Å²) in [5.41, 5.74) is 2.08. The van der Waals surface area contributed by atoms with Crippen LogP contribution in [0.25, 0.3) is 0 Å². The van der Waals surface area contributed by atoms with Crippen molar-refractivity contribution in [3.63, 3.8) is 0 Å². The van der Waals surface area contributed by atoms with E-state index in [1.165, 1.54) is 14.2 Å². The minimum absolute atomic E-state index is 0.0493. The molecule has 1 aromatic carbocycles. The second-order valence-electron chi connectivity index (χ2n) is 5.56. The predicted octanol–water partition coefficient (Wildman–Crippen LogP) is 3.64. The molecule has 0 aliphatic rings. The van der Waals surface area contributed by atoms with E-state index in [0.29, 0.717) is 10.6 Å². The summed E-state index contributed by atoms with van der Waals surface area (Å²) >= 11 is 7.02. The van der Waals surface area contributed by atoms with E-state index in [4.69, 9.17) is 21.1 Å². The van der Waals surface area contributed by atoms with Crippen LogP contribution in [0.2, 0.25) is 5.02 Å². The maximum Gasteiger partial charge on any atom is 0.348 e. The molecule has 0 unspecified atom stereocenters. The lowest BCUT2D eigenvalue weighted by molar-refractivity contribution is -0.114. The zero-order valence-corrected chi connectivity index (χ0v) is 16.8. The molecule has 1 amide bonds. The Balaban J connectivity index is 2.20. The van der Waals surface area contributed by atoms with E-state index >= 15 is 0 Å². The molecule has 0 aliphatic carbocycles. The molecular weight excluding hydrogens is 392 g/mol. The molecule has 1 aromatic heterocycles. The summed E-state index contributed by atoms with van der Waals surface area (Å²) in [4.78, 5) is 36.5. The lowest BCUT2D eigenvalue weighted by atomic mass is 10.1. The number of methoxy groups -OCH3 is 2. The maximum absolute atomic E-state index is 12.3. The number of benzene rings is 1. The van der Waals surface area contributed by atoms with Gasteiger partial charge in [0.15, 0.2) is 0 Å². The number of halogens is 1. The summed E-state index contributed by atoms with van der Waals surface area (Å²) in [6.07, 6.45) is 0. The molecule has 9 heteroatoms. The molecular formula is C18H19ClN2O5S. The third-order valence-corrected chi connectivity index (χ3v) is 5.46. The fourth-order valence-electron chi connectivity index (χ4n) is 2.38. The largest absolute Gasteiger partial charge is 0.465 e. The molecule has 27 heavy (non-hydrogen) atoms. The molecule has 0 saturated carbocycles. The second kappa shape index (κ2) is 8.88. The molecule has 0 spiro atoms. The standard InChI is InChI=1S/C18H19ClN2O5S/c1-9-11(19)6-5-7-12(9)20-8-13(22)21-16-14(17(23)25-3)10(2)15(27-16)18(24)26-4/h5-7,20H,8H2,1-4H3,(H,21,22). The highest BCUT2D eigenvalue weighted by Crippen LogP contribution is 2.34. The topological polar surface area (TPSA) is 93.7 Å². The minimum Gasteiger partial charge on any atom is -0.465 e. The number of thiophene rings is 1. The van der Waals surface area contributed by atoms with E-state index in [1.54, 1.807) is 25.1 Å². The van der Waals surface area contributed by atoms with E-state index < -0.39 is 17.8 Å². The van der Waals surface area contributed by atoms with E-state index in [0.717, 1.165) is 22.6 Å². The Kier molecular flexibility index (Phi) is 6.81. The van der Waals surface area contributed by atoms with Crippen molar-refractivity contribution in [3.05, 3.63) is 44.8 Å². The Morgan fingerprint density at radius 3 is 2.37 bits per heavy atom. The van der Waals surface area contributed by atoms with Crippen molar-refractivity contribution in [3.8, 4) is 0 Å². The van der Waals surface area contributed by atoms with Gasteiger partial charge in [-0.05, 0) is 37.1 Å². The van der Waals surface area contributed by atoms with Crippen molar-refractivity contribution in [2.24, 2.45) is 0 Å². The number of carbonyl (C=O) groups excluding carboxylic acids is 3. The van der Waals surface area contributed by atoms with Crippen molar-refractivity contribution < 1.29 is 23.9 Å². The van der Waals surface area contributed by atoms with Crippen LogP contribution < -0.4 is 10.6 Å². The summed E-state index contributed by atoms with van der Waals surface area (Å²) in [6, 6.07) is 5.34. The first-order chi connectivity index (χ1) is 12.8. The molecule has 7 nitrogen and oxygen atoms in total.